The molecule has 0 N–H and O–H groups in total. The second kappa shape index (κ2) is 9.97. The molecule has 5 rings (SSSR count). The number of benzene rings is 3. The number of hydrogen-bond acceptors (Lipinski definition) is 6. The highest BCUT2D eigenvalue weighted by Gasteiger charge is 2.34. The Balaban J connectivity index is 1.34. The maximum Gasteiger partial charge on any atom is 0.308 e. The predicted octanol–water partition coefficient (Wildman–Crippen LogP) is 3.77. The van der Waals surface area contributed by atoms with E-state index in [4.69, 9.17) is 11.6 Å². The van der Waals surface area contributed by atoms with Gasteiger partial charge in [-0.3, -0.25) is 9.36 Å². The van der Waals surface area contributed by atoms with Crippen LogP contribution in [0.5, 0.6) is 0 Å². The zero-order chi connectivity index (χ0) is 26.4. The van der Waals surface area contributed by atoms with E-state index in [1.54, 1.807) is 47.0 Å². The molecule has 1 aromatic heterocycles. The van der Waals surface area contributed by atoms with Gasteiger partial charge in [0, 0.05) is 31.2 Å². The first-order chi connectivity index (χ1) is 17.6. The van der Waals surface area contributed by atoms with Crippen molar-refractivity contribution in [2.45, 2.75) is 23.3 Å². The fourth-order valence-electron chi connectivity index (χ4n) is 4.29. The molecule has 1 aliphatic heterocycles. The molecule has 0 unspecified atom stereocenters. The van der Waals surface area contributed by atoms with E-state index in [0.717, 1.165) is 22.5 Å². The Morgan fingerprint density at radius 2 is 1.32 bits per heavy atom. The van der Waals surface area contributed by atoms with Gasteiger partial charge in [-0.15, -0.1) is 0 Å². The van der Waals surface area contributed by atoms with Crippen LogP contribution in [0.2, 0.25) is 5.02 Å². The third kappa shape index (κ3) is 5.12. The first kappa shape index (κ1) is 26.1. The molecule has 0 amide bonds. The third-order valence-electron chi connectivity index (χ3n) is 6.39. The number of aromatic nitrogens is 1. The molecule has 37 heavy (non-hydrogen) atoms. The lowest BCUT2D eigenvalue weighted by Crippen LogP contribution is -2.50. The standard InChI is InChI=1S/C25H24ClN3O5S3/c1-18-2-8-21(9-3-18)36(31,32)27-12-14-28(15-13-27)37(33,34)22-10-11-23-24(16-22)35-25(30)29(23)17-19-4-6-20(26)7-5-19/h2-11,16H,12-15,17H2,1H3. The summed E-state index contributed by atoms with van der Waals surface area (Å²) < 4.78 is 57.5. The van der Waals surface area contributed by atoms with Crippen molar-refractivity contribution in [3.05, 3.63) is 92.5 Å². The first-order valence-corrected chi connectivity index (χ1v) is 15.6. The zero-order valence-electron chi connectivity index (χ0n) is 19.9. The van der Waals surface area contributed by atoms with Crippen molar-refractivity contribution in [3.63, 3.8) is 0 Å². The predicted molar refractivity (Wildman–Crippen MR) is 145 cm³/mol. The van der Waals surface area contributed by atoms with Crippen LogP contribution in [0, 0.1) is 6.92 Å². The van der Waals surface area contributed by atoms with Gasteiger partial charge in [0.2, 0.25) is 20.0 Å². The van der Waals surface area contributed by atoms with Crippen LogP contribution < -0.4 is 4.87 Å². The molecular formula is C25H24ClN3O5S3. The average Bonchev–Trinajstić information content (AvgIpc) is 3.19. The van der Waals surface area contributed by atoms with Crippen LogP contribution in [0.1, 0.15) is 11.1 Å². The second-order valence-corrected chi connectivity index (χ2v) is 14.1. The van der Waals surface area contributed by atoms with E-state index in [1.807, 2.05) is 19.1 Å². The fraction of sp³-hybridized carbons (Fsp3) is 0.240. The smallest absolute Gasteiger partial charge is 0.294 e. The van der Waals surface area contributed by atoms with Crippen LogP contribution in [0.25, 0.3) is 10.2 Å². The summed E-state index contributed by atoms with van der Waals surface area (Å²) in [5.74, 6) is 0. The number of thiazole rings is 1. The number of nitrogens with zero attached hydrogens (tertiary/aromatic N) is 3. The highest BCUT2D eigenvalue weighted by molar-refractivity contribution is 7.89. The van der Waals surface area contributed by atoms with E-state index in [0.29, 0.717) is 21.8 Å². The molecule has 8 nitrogen and oxygen atoms in total. The lowest BCUT2D eigenvalue weighted by molar-refractivity contribution is 0.273. The molecule has 12 heteroatoms. The minimum absolute atomic E-state index is 0.0409. The van der Waals surface area contributed by atoms with Gasteiger partial charge >= 0.3 is 4.87 Å². The summed E-state index contributed by atoms with van der Waals surface area (Å²) in [6, 6.07) is 18.5. The summed E-state index contributed by atoms with van der Waals surface area (Å²) in [7, 11) is -7.57. The quantitative estimate of drug-likeness (QED) is 0.347. The van der Waals surface area contributed by atoms with Crippen molar-refractivity contribution < 1.29 is 16.8 Å². The van der Waals surface area contributed by atoms with Crippen molar-refractivity contribution in [3.8, 4) is 0 Å². The van der Waals surface area contributed by atoms with E-state index in [1.165, 1.54) is 20.7 Å². The number of rotatable bonds is 6. The molecule has 194 valence electrons. The van der Waals surface area contributed by atoms with Crippen LogP contribution >= 0.6 is 22.9 Å². The van der Waals surface area contributed by atoms with Crippen LogP contribution in [-0.2, 0) is 26.6 Å². The molecule has 0 aliphatic carbocycles. The number of aryl methyl sites for hydroxylation is 1. The van der Waals surface area contributed by atoms with Gasteiger partial charge in [0.05, 0.1) is 26.6 Å². The molecule has 0 atom stereocenters. The summed E-state index contributed by atoms with van der Waals surface area (Å²) >= 11 is 6.94. The molecule has 2 heterocycles. The van der Waals surface area contributed by atoms with Gasteiger partial charge in [-0.05, 0) is 55.0 Å². The summed E-state index contributed by atoms with van der Waals surface area (Å²) in [4.78, 5) is 12.8. The SMILES string of the molecule is Cc1ccc(S(=O)(=O)N2CCN(S(=O)(=O)c3ccc4c(c3)sc(=O)n4Cc3ccc(Cl)cc3)CC2)cc1. The van der Waals surface area contributed by atoms with Crippen molar-refractivity contribution in [1.29, 1.82) is 0 Å². The van der Waals surface area contributed by atoms with E-state index in [-0.39, 0.29) is 40.8 Å². The van der Waals surface area contributed by atoms with Crippen molar-refractivity contribution in [2.24, 2.45) is 0 Å². The van der Waals surface area contributed by atoms with Gasteiger partial charge in [0.15, 0.2) is 0 Å². The summed E-state index contributed by atoms with van der Waals surface area (Å²) in [6.45, 7) is 2.42. The Kier molecular flexibility index (Phi) is 7.03. The van der Waals surface area contributed by atoms with Crippen LogP contribution in [0.4, 0.5) is 0 Å². The normalized spacial score (nSPS) is 15.8. The molecule has 0 bridgehead atoms. The van der Waals surface area contributed by atoms with Crippen LogP contribution in [0.3, 0.4) is 0 Å². The summed E-state index contributed by atoms with van der Waals surface area (Å²) in [5, 5.41) is 0.606. The Bertz CT molecular complexity index is 1720. The Hall–Kier alpha value is -2.54. The van der Waals surface area contributed by atoms with Gasteiger partial charge in [0.25, 0.3) is 0 Å². The highest BCUT2D eigenvalue weighted by atomic mass is 35.5. The average molecular weight is 578 g/mol. The van der Waals surface area contributed by atoms with E-state index >= 15 is 0 Å². The molecular weight excluding hydrogens is 554 g/mol. The van der Waals surface area contributed by atoms with Crippen molar-refractivity contribution in [1.82, 2.24) is 13.2 Å². The van der Waals surface area contributed by atoms with Gasteiger partial charge in [-0.1, -0.05) is 52.8 Å². The number of halogens is 1. The van der Waals surface area contributed by atoms with E-state index in [9.17, 15) is 21.6 Å². The Labute approximate surface area is 224 Å². The first-order valence-electron chi connectivity index (χ1n) is 11.5. The molecule has 0 spiro atoms. The minimum atomic E-state index is -3.87. The molecule has 0 saturated carbocycles. The lowest BCUT2D eigenvalue weighted by Gasteiger charge is -2.33. The topological polar surface area (TPSA) is 96.8 Å². The van der Waals surface area contributed by atoms with Crippen LogP contribution in [-0.4, -0.2) is 56.2 Å². The second-order valence-electron chi connectivity index (χ2n) is 8.83. The monoisotopic (exact) mass is 577 g/mol. The van der Waals surface area contributed by atoms with Crippen LogP contribution in [0.15, 0.2) is 81.3 Å². The number of piperazine rings is 1. The molecule has 3 aromatic carbocycles. The van der Waals surface area contributed by atoms with Gasteiger partial charge in [0.1, 0.15) is 0 Å². The van der Waals surface area contributed by atoms with Crippen molar-refractivity contribution in [2.75, 3.05) is 26.2 Å². The number of fused-ring (bicyclic) bond motifs is 1. The third-order valence-corrected chi connectivity index (χ3v) is 11.4. The van der Waals surface area contributed by atoms with E-state index < -0.39 is 20.0 Å². The fourth-order valence-corrected chi connectivity index (χ4v) is 8.29. The number of hydrogen-bond donors (Lipinski definition) is 0. The largest absolute Gasteiger partial charge is 0.308 e. The summed E-state index contributed by atoms with van der Waals surface area (Å²) in [6.07, 6.45) is 0. The van der Waals surface area contributed by atoms with Gasteiger partial charge in [-0.2, -0.15) is 8.61 Å². The molecule has 0 radical (unpaired) electrons. The molecule has 1 fully saturated rings. The molecule has 4 aromatic rings. The van der Waals surface area contributed by atoms with E-state index in [2.05, 4.69) is 0 Å². The number of sulfonamides is 2. The lowest BCUT2D eigenvalue weighted by atomic mass is 10.2. The maximum atomic E-state index is 13.4. The summed E-state index contributed by atoms with van der Waals surface area (Å²) in [5.41, 5.74) is 2.51. The Morgan fingerprint density at radius 3 is 1.92 bits per heavy atom. The molecule has 1 aliphatic rings. The molecule has 1 saturated heterocycles. The minimum Gasteiger partial charge on any atom is -0.294 e. The Morgan fingerprint density at radius 1 is 0.784 bits per heavy atom. The van der Waals surface area contributed by atoms with Gasteiger partial charge < -0.3 is 0 Å². The zero-order valence-corrected chi connectivity index (χ0v) is 23.1. The van der Waals surface area contributed by atoms with Gasteiger partial charge in [-0.25, -0.2) is 16.8 Å². The van der Waals surface area contributed by atoms with Crippen molar-refractivity contribution >= 4 is 53.2 Å². The highest BCUT2D eigenvalue weighted by Crippen LogP contribution is 2.26. The maximum absolute atomic E-state index is 13.4.